The van der Waals surface area contributed by atoms with Crippen LogP contribution < -0.4 is 10.0 Å². The van der Waals surface area contributed by atoms with Crippen molar-refractivity contribution in [2.75, 3.05) is 11.3 Å². The SMILES string of the molecule is CCNC(=O)c1cccc(S(=O)(=O)Nc2ccccc2Cl)c1. The number of hydrogen-bond donors (Lipinski definition) is 2. The first-order valence-corrected chi connectivity index (χ1v) is 8.46. The molecule has 116 valence electrons. The highest BCUT2D eigenvalue weighted by Crippen LogP contribution is 2.24. The van der Waals surface area contributed by atoms with Crippen molar-refractivity contribution in [2.24, 2.45) is 0 Å². The third-order valence-corrected chi connectivity index (χ3v) is 4.55. The molecule has 22 heavy (non-hydrogen) atoms. The van der Waals surface area contributed by atoms with Gasteiger partial charge in [0.1, 0.15) is 0 Å². The first-order chi connectivity index (χ1) is 10.4. The van der Waals surface area contributed by atoms with Crippen LogP contribution in [0.15, 0.2) is 53.4 Å². The van der Waals surface area contributed by atoms with Crippen molar-refractivity contribution in [3.63, 3.8) is 0 Å². The topological polar surface area (TPSA) is 75.3 Å². The zero-order valence-electron chi connectivity index (χ0n) is 11.8. The van der Waals surface area contributed by atoms with Gasteiger partial charge in [0.15, 0.2) is 0 Å². The Bertz CT molecular complexity index is 791. The molecule has 0 radical (unpaired) electrons. The van der Waals surface area contributed by atoms with Crippen molar-refractivity contribution in [2.45, 2.75) is 11.8 Å². The predicted octanol–water partition coefficient (Wildman–Crippen LogP) is 2.89. The van der Waals surface area contributed by atoms with Gasteiger partial charge in [0.25, 0.3) is 15.9 Å². The first-order valence-electron chi connectivity index (χ1n) is 6.59. The summed E-state index contributed by atoms with van der Waals surface area (Å²) in [7, 11) is -3.82. The number of nitrogens with one attached hydrogen (secondary N) is 2. The number of hydrogen-bond acceptors (Lipinski definition) is 3. The maximum absolute atomic E-state index is 12.4. The standard InChI is InChI=1S/C15H15ClN2O3S/c1-2-17-15(19)11-6-5-7-12(10-11)22(20,21)18-14-9-4-3-8-13(14)16/h3-10,18H,2H2,1H3,(H,17,19). The van der Waals surface area contributed by atoms with Crippen molar-refractivity contribution < 1.29 is 13.2 Å². The molecule has 2 N–H and O–H groups in total. The van der Waals surface area contributed by atoms with E-state index in [1.54, 1.807) is 37.3 Å². The van der Waals surface area contributed by atoms with Gasteiger partial charge in [-0.15, -0.1) is 0 Å². The fourth-order valence-corrected chi connectivity index (χ4v) is 3.18. The molecule has 0 saturated heterocycles. The van der Waals surface area contributed by atoms with E-state index in [-0.39, 0.29) is 22.1 Å². The van der Waals surface area contributed by atoms with Crippen molar-refractivity contribution in [1.29, 1.82) is 0 Å². The Hall–Kier alpha value is -2.05. The zero-order chi connectivity index (χ0) is 16.2. The van der Waals surface area contributed by atoms with E-state index in [9.17, 15) is 13.2 Å². The van der Waals surface area contributed by atoms with E-state index in [0.29, 0.717) is 11.6 Å². The Balaban J connectivity index is 2.32. The highest BCUT2D eigenvalue weighted by molar-refractivity contribution is 7.92. The van der Waals surface area contributed by atoms with E-state index in [2.05, 4.69) is 10.0 Å². The Morgan fingerprint density at radius 2 is 1.86 bits per heavy atom. The van der Waals surface area contributed by atoms with Gasteiger partial charge >= 0.3 is 0 Å². The van der Waals surface area contributed by atoms with Crippen LogP contribution in [0, 0.1) is 0 Å². The number of rotatable bonds is 5. The number of anilines is 1. The van der Waals surface area contributed by atoms with E-state index < -0.39 is 10.0 Å². The lowest BCUT2D eigenvalue weighted by Crippen LogP contribution is -2.23. The molecule has 2 aromatic rings. The first kappa shape index (κ1) is 16.3. The number of amides is 1. The molecule has 0 atom stereocenters. The van der Waals surface area contributed by atoms with E-state index in [1.165, 1.54) is 18.2 Å². The Morgan fingerprint density at radius 1 is 1.14 bits per heavy atom. The van der Waals surface area contributed by atoms with E-state index in [1.807, 2.05) is 0 Å². The average Bonchev–Trinajstić information content (AvgIpc) is 2.50. The minimum Gasteiger partial charge on any atom is -0.352 e. The molecule has 0 aliphatic heterocycles. The third kappa shape index (κ3) is 3.78. The highest BCUT2D eigenvalue weighted by atomic mass is 35.5. The molecular weight excluding hydrogens is 324 g/mol. The second-order valence-electron chi connectivity index (χ2n) is 4.47. The quantitative estimate of drug-likeness (QED) is 0.880. The Morgan fingerprint density at radius 3 is 2.55 bits per heavy atom. The van der Waals surface area contributed by atoms with Crippen LogP contribution in [0.1, 0.15) is 17.3 Å². The smallest absolute Gasteiger partial charge is 0.261 e. The monoisotopic (exact) mass is 338 g/mol. The summed E-state index contributed by atoms with van der Waals surface area (Å²) in [5.74, 6) is -0.322. The molecule has 0 aliphatic rings. The second kappa shape index (κ2) is 6.81. The second-order valence-corrected chi connectivity index (χ2v) is 6.56. The van der Waals surface area contributed by atoms with Gasteiger partial charge in [0, 0.05) is 12.1 Å². The molecule has 0 aromatic heterocycles. The molecule has 5 nitrogen and oxygen atoms in total. The lowest BCUT2D eigenvalue weighted by molar-refractivity contribution is 0.0955. The van der Waals surface area contributed by atoms with Gasteiger partial charge < -0.3 is 5.32 Å². The number of carbonyl (C=O) groups is 1. The normalized spacial score (nSPS) is 11.0. The fourth-order valence-electron chi connectivity index (χ4n) is 1.81. The summed E-state index contributed by atoms with van der Waals surface area (Å²) in [4.78, 5) is 11.8. The van der Waals surface area contributed by atoms with Crippen LogP contribution in [0.5, 0.6) is 0 Å². The predicted molar refractivity (Wildman–Crippen MR) is 86.7 cm³/mol. The molecule has 0 heterocycles. The summed E-state index contributed by atoms with van der Waals surface area (Å²) in [6.07, 6.45) is 0. The van der Waals surface area contributed by atoms with E-state index in [4.69, 9.17) is 11.6 Å². The molecule has 1 amide bonds. The molecule has 0 aliphatic carbocycles. The van der Waals surface area contributed by atoms with Gasteiger partial charge in [-0.1, -0.05) is 29.8 Å². The van der Waals surface area contributed by atoms with Crippen LogP contribution in [0.3, 0.4) is 0 Å². The third-order valence-electron chi connectivity index (χ3n) is 2.86. The van der Waals surface area contributed by atoms with Gasteiger partial charge in [-0.05, 0) is 37.3 Å². The molecule has 0 fully saturated rings. The summed E-state index contributed by atoms with van der Waals surface area (Å²) in [5, 5.41) is 2.92. The van der Waals surface area contributed by atoms with Crippen molar-refractivity contribution >= 4 is 33.2 Å². The maximum Gasteiger partial charge on any atom is 0.261 e. The van der Waals surface area contributed by atoms with Crippen LogP contribution >= 0.6 is 11.6 Å². The zero-order valence-corrected chi connectivity index (χ0v) is 13.4. The molecule has 7 heteroatoms. The highest BCUT2D eigenvalue weighted by Gasteiger charge is 2.17. The largest absolute Gasteiger partial charge is 0.352 e. The van der Waals surface area contributed by atoms with Gasteiger partial charge in [-0.2, -0.15) is 0 Å². The van der Waals surface area contributed by atoms with Crippen molar-refractivity contribution in [3.8, 4) is 0 Å². The van der Waals surface area contributed by atoms with Crippen LogP contribution in [-0.2, 0) is 10.0 Å². The minimum absolute atomic E-state index is 0.00354. The van der Waals surface area contributed by atoms with E-state index >= 15 is 0 Å². The van der Waals surface area contributed by atoms with Crippen LogP contribution in [-0.4, -0.2) is 20.9 Å². The molecule has 0 bridgehead atoms. The van der Waals surface area contributed by atoms with E-state index in [0.717, 1.165) is 0 Å². The number of carbonyl (C=O) groups excluding carboxylic acids is 1. The summed E-state index contributed by atoms with van der Waals surface area (Å²) in [6.45, 7) is 2.26. The number of halogens is 1. The summed E-state index contributed by atoms with van der Waals surface area (Å²) >= 11 is 5.95. The lowest BCUT2D eigenvalue weighted by Gasteiger charge is -2.10. The van der Waals surface area contributed by atoms with Crippen molar-refractivity contribution in [3.05, 3.63) is 59.1 Å². The van der Waals surface area contributed by atoms with Crippen LogP contribution in [0.25, 0.3) is 0 Å². The Kier molecular flexibility index (Phi) is 5.05. The summed E-state index contributed by atoms with van der Waals surface area (Å²) in [6, 6.07) is 12.3. The molecular formula is C15H15ClN2O3S. The van der Waals surface area contributed by atoms with Gasteiger partial charge in [0.2, 0.25) is 0 Å². The Labute approximate surface area is 134 Å². The number of para-hydroxylation sites is 1. The summed E-state index contributed by atoms with van der Waals surface area (Å²) < 4.78 is 27.2. The minimum atomic E-state index is -3.82. The van der Waals surface area contributed by atoms with Gasteiger partial charge in [-0.3, -0.25) is 9.52 Å². The molecule has 0 unspecified atom stereocenters. The van der Waals surface area contributed by atoms with Gasteiger partial charge in [-0.25, -0.2) is 8.42 Å². The number of sulfonamides is 1. The van der Waals surface area contributed by atoms with Gasteiger partial charge in [0.05, 0.1) is 15.6 Å². The lowest BCUT2D eigenvalue weighted by atomic mass is 10.2. The molecule has 2 rings (SSSR count). The molecule has 0 spiro atoms. The summed E-state index contributed by atoms with van der Waals surface area (Å²) in [5.41, 5.74) is 0.566. The van der Waals surface area contributed by atoms with Crippen LogP contribution in [0.4, 0.5) is 5.69 Å². The van der Waals surface area contributed by atoms with Crippen molar-refractivity contribution in [1.82, 2.24) is 5.32 Å². The molecule has 0 saturated carbocycles. The fraction of sp³-hybridized carbons (Fsp3) is 0.133. The average molecular weight is 339 g/mol. The molecule has 2 aromatic carbocycles. The number of benzene rings is 2. The van der Waals surface area contributed by atoms with Crippen LogP contribution in [0.2, 0.25) is 5.02 Å². The maximum atomic E-state index is 12.4.